The highest BCUT2D eigenvalue weighted by molar-refractivity contribution is 14.1. The maximum Gasteiger partial charge on any atom is 0.233 e. The molecule has 88 valence electrons. The average Bonchev–Trinajstić information content (AvgIpc) is 2.22. The van der Waals surface area contributed by atoms with Crippen LogP contribution < -0.4 is 11.1 Å². The van der Waals surface area contributed by atoms with Crippen LogP contribution in [0.5, 0.6) is 0 Å². The Hall–Kier alpha value is -1.15. The fourth-order valence-corrected chi connectivity index (χ4v) is 1.90. The smallest absolute Gasteiger partial charge is 0.233 e. The molecule has 0 radical (unpaired) electrons. The predicted molar refractivity (Wildman–Crippen MR) is 76.4 cm³/mol. The van der Waals surface area contributed by atoms with E-state index >= 15 is 0 Å². The molecule has 0 fully saturated rings. The van der Waals surface area contributed by atoms with Crippen molar-refractivity contribution in [1.82, 2.24) is 15.0 Å². The van der Waals surface area contributed by atoms with Crippen LogP contribution in [-0.4, -0.2) is 15.0 Å². The first-order chi connectivity index (χ1) is 8.04. The second-order valence-electron chi connectivity index (χ2n) is 3.38. The minimum Gasteiger partial charge on any atom is -0.368 e. The van der Waals surface area contributed by atoms with E-state index in [0.29, 0.717) is 5.95 Å². The van der Waals surface area contributed by atoms with Gasteiger partial charge in [-0.1, -0.05) is 6.07 Å². The van der Waals surface area contributed by atoms with Crippen molar-refractivity contribution >= 4 is 51.8 Å². The van der Waals surface area contributed by atoms with Gasteiger partial charge in [0.2, 0.25) is 17.2 Å². The predicted octanol–water partition coefficient (Wildman–Crippen LogP) is 2.76. The molecule has 1 heterocycles. The summed E-state index contributed by atoms with van der Waals surface area (Å²) in [6.45, 7) is 2.04. The summed E-state index contributed by atoms with van der Waals surface area (Å²) in [5.74, 6) is 0.427. The topological polar surface area (TPSA) is 76.7 Å². The quantitative estimate of drug-likeness (QED) is 0.804. The number of rotatable bonds is 2. The van der Waals surface area contributed by atoms with E-state index in [0.717, 1.165) is 9.26 Å². The second-order valence-corrected chi connectivity index (χ2v) is 4.88. The molecule has 5 nitrogen and oxygen atoms in total. The van der Waals surface area contributed by atoms with Crippen molar-refractivity contribution in [2.45, 2.75) is 6.92 Å². The third-order valence-electron chi connectivity index (χ3n) is 2.05. The van der Waals surface area contributed by atoms with Crippen molar-refractivity contribution in [3.8, 4) is 0 Å². The molecule has 0 saturated heterocycles. The monoisotopic (exact) mass is 361 g/mol. The standard InChI is InChI=1S/C10H9ClIN5/c1-5-2-3-6(4-7(5)12)14-10-16-8(11)15-9(13)17-10/h2-4H,1H3,(H3,13,14,15,16,17). The molecule has 0 atom stereocenters. The number of hydrogen-bond acceptors (Lipinski definition) is 5. The Bertz CT molecular complexity index is 540. The number of aryl methyl sites for hydroxylation is 1. The molecule has 0 amide bonds. The summed E-state index contributed by atoms with van der Waals surface area (Å²) in [5.41, 5.74) is 7.57. The van der Waals surface area contributed by atoms with E-state index in [2.05, 4.69) is 42.9 Å². The molecule has 2 rings (SSSR count). The molecular weight excluding hydrogens is 353 g/mol. The molecule has 0 aliphatic rings. The van der Waals surface area contributed by atoms with E-state index in [-0.39, 0.29) is 11.2 Å². The number of nitrogens with one attached hydrogen (secondary N) is 1. The van der Waals surface area contributed by atoms with Gasteiger partial charge in [-0.3, -0.25) is 0 Å². The highest BCUT2D eigenvalue weighted by Gasteiger charge is 2.03. The first-order valence-corrected chi connectivity index (χ1v) is 6.20. The van der Waals surface area contributed by atoms with Crippen molar-refractivity contribution in [3.63, 3.8) is 0 Å². The summed E-state index contributed by atoms with van der Waals surface area (Å²) in [6, 6.07) is 5.94. The summed E-state index contributed by atoms with van der Waals surface area (Å²) in [5, 5.41) is 3.09. The summed E-state index contributed by atoms with van der Waals surface area (Å²) < 4.78 is 1.15. The fourth-order valence-electron chi connectivity index (χ4n) is 1.22. The molecule has 7 heteroatoms. The minimum atomic E-state index is 0.0711. The van der Waals surface area contributed by atoms with Crippen LogP contribution in [-0.2, 0) is 0 Å². The van der Waals surface area contributed by atoms with Gasteiger partial charge < -0.3 is 11.1 Å². The first-order valence-electron chi connectivity index (χ1n) is 4.75. The Kier molecular flexibility index (Phi) is 3.63. The maximum atomic E-state index is 5.69. The molecule has 3 N–H and O–H groups in total. The Balaban J connectivity index is 2.28. The van der Waals surface area contributed by atoms with E-state index < -0.39 is 0 Å². The summed E-state index contributed by atoms with van der Waals surface area (Å²) >= 11 is 7.95. The molecule has 0 spiro atoms. The van der Waals surface area contributed by atoms with E-state index in [1.165, 1.54) is 5.56 Å². The zero-order chi connectivity index (χ0) is 12.4. The summed E-state index contributed by atoms with van der Waals surface area (Å²) in [6.07, 6.45) is 0. The number of nitrogens with zero attached hydrogens (tertiary/aromatic N) is 3. The number of benzene rings is 1. The third kappa shape index (κ3) is 3.16. The Morgan fingerprint density at radius 3 is 2.71 bits per heavy atom. The molecule has 17 heavy (non-hydrogen) atoms. The molecule has 0 aliphatic carbocycles. The van der Waals surface area contributed by atoms with Crippen LogP contribution in [0.2, 0.25) is 5.28 Å². The van der Waals surface area contributed by atoms with Gasteiger partial charge in [-0.05, 0) is 58.8 Å². The zero-order valence-corrected chi connectivity index (χ0v) is 11.8. The number of hydrogen-bond donors (Lipinski definition) is 2. The molecule has 1 aromatic carbocycles. The minimum absolute atomic E-state index is 0.0711. The van der Waals surface area contributed by atoms with Gasteiger partial charge in [-0.15, -0.1) is 0 Å². The van der Waals surface area contributed by atoms with Gasteiger partial charge in [0.05, 0.1) is 0 Å². The lowest BCUT2D eigenvalue weighted by atomic mass is 10.2. The van der Waals surface area contributed by atoms with Gasteiger partial charge in [0, 0.05) is 9.26 Å². The zero-order valence-electron chi connectivity index (χ0n) is 8.91. The third-order valence-corrected chi connectivity index (χ3v) is 3.38. The van der Waals surface area contributed by atoms with Crippen LogP contribution in [0.4, 0.5) is 17.6 Å². The van der Waals surface area contributed by atoms with Crippen LogP contribution in [0.3, 0.4) is 0 Å². The van der Waals surface area contributed by atoms with Crippen molar-refractivity contribution in [3.05, 3.63) is 32.6 Å². The van der Waals surface area contributed by atoms with Gasteiger partial charge in [0.25, 0.3) is 0 Å². The van der Waals surface area contributed by atoms with Crippen LogP contribution in [0.1, 0.15) is 5.56 Å². The van der Waals surface area contributed by atoms with Crippen LogP contribution in [0.25, 0.3) is 0 Å². The molecule has 0 saturated carbocycles. The number of halogens is 2. The van der Waals surface area contributed by atoms with E-state index in [4.69, 9.17) is 17.3 Å². The van der Waals surface area contributed by atoms with Gasteiger partial charge in [-0.25, -0.2) is 0 Å². The first kappa shape index (κ1) is 12.3. The fraction of sp³-hybridized carbons (Fsp3) is 0.100. The Morgan fingerprint density at radius 2 is 2.06 bits per heavy atom. The van der Waals surface area contributed by atoms with E-state index in [1.54, 1.807) is 0 Å². The Labute approximate surface area is 117 Å². The molecule has 1 aromatic heterocycles. The van der Waals surface area contributed by atoms with Gasteiger partial charge >= 0.3 is 0 Å². The van der Waals surface area contributed by atoms with Crippen LogP contribution in [0, 0.1) is 10.5 Å². The largest absolute Gasteiger partial charge is 0.368 e. The summed E-state index contributed by atoms with van der Waals surface area (Å²) in [4.78, 5) is 11.6. The van der Waals surface area contributed by atoms with Crippen molar-refractivity contribution < 1.29 is 0 Å². The number of anilines is 3. The number of nitrogens with two attached hydrogens (primary N) is 1. The molecule has 0 aliphatic heterocycles. The molecule has 2 aromatic rings. The van der Waals surface area contributed by atoms with E-state index in [9.17, 15) is 0 Å². The highest BCUT2D eigenvalue weighted by Crippen LogP contribution is 2.20. The van der Waals surface area contributed by atoms with Crippen LogP contribution >= 0.6 is 34.2 Å². The molecule has 0 bridgehead atoms. The highest BCUT2D eigenvalue weighted by atomic mass is 127. The lowest BCUT2D eigenvalue weighted by Gasteiger charge is -2.06. The molecular formula is C10H9ClIN5. The van der Waals surface area contributed by atoms with Crippen LogP contribution in [0.15, 0.2) is 18.2 Å². The van der Waals surface area contributed by atoms with Gasteiger partial charge in [0.15, 0.2) is 0 Å². The van der Waals surface area contributed by atoms with Crippen molar-refractivity contribution in [1.29, 1.82) is 0 Å². The molecule has 0 unspecified atom stereocenters. The second kappa shape index (κ2) is 5.01. The SMILES string of the molecule is Cc1ccc(Nc2nc(N)nc(Cl)n2)cc1I. The number of aromatic nitrogens is 3. The lowest BCUT2D eigenvalue weighted by Crippen LogP contribution is -2.03. The van der Waals surface area contributed by atoms with Crippen molar-refractivity contribution in [2.75, 3.05) is 11.1 Å². The van der Waals surface area contributed by atoms with Crippen molar-refractivity contribution in [2.24, 2.45) is 0 Å². The van der Waals surface area contributed by atoms with Gasteiger partial charge in [-0.2, -0.15) is 15.0 Å². The van der Waals surface area contributed by atoms with Gasteiger partial charge in [0.1, 0.15) is 0 Å². The lowest BCUT2D eigenvalue weighted by molar-refractivity contribution is 1.07. The summed E-state index contributed by atoms with van der Waals surface area (Å²) in [7, 11) is 0. The maximum absolute atomic E-state index is 5.69. The number of nitrogen functional groups attached to an aromatic ring is 1. The normalized spacial score (nSPS) is 10.3. The average molecular weight is 362 g/mol. The Morgan fingerprint density at radius 1 is 1.29 bits per heavy atom. The van der Waals surface area contributed by atoms with E-state index in [1.807, 2.05) is 25.1 Å².